The van der Waals surface area contributed by atoms with Crippen LogP contribution in [-0.2, 0) is 23.7 Å². The Labute approximate surface area is 276 Å². The van der Waals surface area contributed by atoms with Gasteiger partial charge in [-0.25, -0.2) is 0 Å². The number of hydrogen-bond donors (Lipinski definition) is 7. The number of carbonyl (C=O) groups is 1. The Hall–Kier alpha value is -0.770. The van der Waals surface area contributed by atoms with Crippen LogP contribution in [0.3, 0.4) is 0 Å². The Morgan fingerprint density at radius 1 is 0.936 bits per heavy atom. The molecule has 19 atom stereocenters. The molecule has 0 aromatic heterocycles. The highest BCUT2D eigenvalue weighted by atomic mass is 16.8. The molecular formula is C35H56O12. The van der Waals surface area contributed by atoms with Gasteiger partial charge in [-0.05, 0) is 81.5 Å². The molecule has 7 rings (SSSR count). The maximum atomic E-state index is 13.5. The van der Waals surface area contributed by atoms with Crippen LogP contribution in [0.15, 0.2) is 0 Å². The van der Waals surface area contributed by atoms with E-state index in [1.807, 2.05) is 6.92 Å². The lowest BCUT2D eigenvalue weighted by Crippen LogP contribution is -2.70. The average Bonchev–Trinajstić information content (AvgIpc) is 3.61. The van der Waals surface area contributed by atoms with Gasteiger partial charge in [-0.15, -0.1) is 0 Å². The summed E-state index contributed by atoms with van der Waals surface area (Å²) in [5.41, 5.74) is -5.48. The van der Waals surface area contributed by atoms with Crippen molar-refractivity contribution >= 4 is 5.78 Å². The van der Waals surface area contributed by atoms with Crippen LogP contribution in [0.5, 0.6) is 0 Å². The smallest absolute Gasteiger partial charge is 0.192 e. The Morgan fingerprint density at radius 2 is 1.62 bits per heavy atom. The minimum atomic E-state index is -1.78. The maximum absolute atomic E-state index is 13.5. The number of rotatable bonds is 6. The first-order valence-electron chi connectivity index (χ1n) is 17.7. The molecule has 0 aromatic carbocycles. The quantitative estimate of drug-likeness (QED) is 0.209. The van der Waals surface area contributed by atoms with Gasteiger partial charge in [0, 0.05) is 36.7 Å². The highest BCUT2D eigenvalue weighted by Crippen LogP contribution is 2.81. The van der Waals surface area contributed by atoms with E-state index in [0.717, 1.165) is 25.7 Å². The Morgan fingerprint density at radius 3 is 2.28 bits per heavy atom. The van der Waals surface area contributed by atoms with E-state index in [4.69, 9.17) is 18.9 Å². The molecule has 12 nitrogen and oxygen atoms in total. The van der Waals surface area contributed by atoms with E-state index < -0.39 is 89.4 Å². The minimum Gasteiger partial charge on any atom is -0.394 e. The molecule has 2 heterocycles. The lowest BCUT2D eigenvalue weighted by molar-refractivity contribution is -0.402. The SMILES string of the molecule is CO[C@]1(C)C[C@H]([C@@H](C)[C@@]2(O)CC[C@H]3[C@@H]4C[C@@H](O)[C@]56C[C@H]5CC(=O)[C@]6(C)[C@H]4CC[C@@]32C)O[C@@H](O[C@@H]2O[C@H](CO)[C@@H](O)[C@H](O)[C@H]2O)[C@]1(C)O. The molecule has 0 unspecified atom stereocenters. The largest absolute Gasteiger partial charge is 0.394 e. The fourth-order valence-electron chi connectivity index (χ4n) is 12.4. The number of ether oxygens (including phenoxy) is 4. The minimum absolute atomic E-state index is 0.116. The van der Waals surface area contributed by atoms with E-state index in [9.17, 15) is 40.5 Å². The molecule has 7 N–H and O–H groups in total. The fraction of sp³-hybridized carbons (Fsp3) is 0.971. The number of hydrogen-bond acceptors (Lipinski definition) is 12. The summed E-state index contributed by atoms with van der Waals surface area (Å²) in [6.45, 7) is 8.82. The van der Waals surface area contributed by atoms with Crippen molar-refractivity contribution in [2.24, 2.45) is 45.8 Å². The van der Waals surface area contributed by atoms with E-state index in [1.54, 1.807) is 6.92 Å². The maximum Gasteiger partial charge on any atom is 0.192 e. The third-order valence-electron chi connectivity index (χ3n) is 15.9. The van der Waals surface area contributed by atoms with Crippen LogP contribution in [0.1, 0.15) is 86.0 Å². The zero-order chi connectivity index (χ0) is 34.3. The molecule has 5 saturated carbocycles. The summed E-state index contributed by atoms with van der Waals surface area (Å²) < 4.78 is 24.0. The number of ketones is 1. The van der Waals surface area contributed by atoms with Gasteiger partial charge in [-0.3, -0.25) is 4.79 Å². The lowest BCUT2D eigenvalue weighted by atomic mass is 9.44. The van der Waals surface area contributed by atoms with Crippen LogP contribution in [0, 0.1) is 45.8 Å². The first-order chi connectivity index (χ1) is 21.9. The van der Waals surface area contributed by atoms with Gasteiger partial charge in [-0.1, -0.05) is 20.8 Å². The van der Waals surface area contributed by atoms with E-state index in [-0.39, 0.29) is 29.6 Å². The molecule has 2 saturated heterocycles. The van der Waals surface area contributed by atoms with Gasteiger partial charge in [0.1, 0.15) is 41.4 Å². The van der Waals surface area contributed by atoms with Crippen LogP contribution >= 0.6 is 0 Å². The molecule has 268 valence electrons. The third kappa shape index (κ3) is 4.24. The van der Waals surface area contributed by atoms with Gasteiger partial charge in [0.25, 0.3) is 0 Å². The summed E-state index contributed by atoms with van der Waals surface area (Å²) in [4.78, 5) is 13.5. The molecule has 1 spiro atoms. The summed E-state index contributed by atoms with van der Waals surface area (Å²) in [6.07, 6.45) is -5.07. The highest BCUT2D eigenvalue weighted by Gasteiger charge is 2.81. The molecule has 0 radical (unpaired) electrons. The molecule has 47 heavy (non-hydrogen) atoms. The Bertz CT molecular complexity index is 1260. The van der Waals surface area contributed by atoms with Crippen molar-refractivity contribution in [3.05, 3.63) is 0 Å². The predicted molar refractivity (Wildman–Crippen MR) is 164 cm³/mol. The van der Waals surface area contributed by atoms with E-state index in [0.29, 0.717) is 31.0 Å². The van der Waals surface area contributed by atoms with Crippen LogP contribution < -0.4 is 0 Å². The first-order valence-corrected chi connectivity index (χ1v) is 17.7. The molecule has 0 bridgehead atoms. The molecule has 0 amide bonds. The van der Waals surface area contributed by atoms with Gasteiger partial charge in [0.2, 0.25) is 0 Å². The summed E-state index contributed by atoms with van der Waals surface area (Å²) in [7, 11) is 1.48. The summed E-state index contributed by atoms with van der Waals surface area (Å²) >= 11 is 0. The van der Waals surface area contributed by atoms with Crippen molar-refractivity contribution < 1.29 is 59.5 Å². The van der Waals surface area contributed by atoms with Crippen molar-refractivity contribution in [2.75, 3.05) is 13.7 Å². The zero-order valence-electron chi connectivity index (χ0n) is 28.5. The Kier molecular flexibility index (Phi) is 8.02. The van der Waals surface area contributed by atoms with E-state index in [1.165, 1.54) is 14.0 Å². The number of carbonyl (C=O) groups excluding carboxylic acids is 1. The molecule has 0 aromatic rings. The van der Waals surface area contributed by atoms with Gasteiger partial charge in [0.15, 0.2) is 12.6 Å². The molecule has 7 fully saturated rings. The van der Waals surface area contributed by atoms with Crippen molar-refractivity contribution in [3.63, 3.8) is 0 Å². The van der Waals surface area contributed by atoms with E-state index in [2.05, 4.69) is 13.8 Å². The zero-order valence-corrected chi connectivity index (χ0v) is 28.5. The molecule has 5 aliphatic carbocycles. The number of aliphatic hydroxyl groups excluding tert-OH is 5. The fourth-order valence-corrected chi connectivity index (χ4v) is 12.4. The summed E-state index contributed by atoms with van der Waals surface area (Å²) in [5, 5.41) is 77.2. The molecule has 12 heteroatoms. The second-order valence-corrected chi connectivity index (χ2v) is 17.2. The normalized spacial score (nSPS) is 60.7. The Balaban J connectivity index is 1.15. The standard InChI is InChI=1S/C35H56O12/c1-16(21-14-31(3,44-6)33(5,42)29(46-21)47-28-27(41)26(40)25(39)22(15-36)45-28)35(43)10-8-19-18-12-24(38)34-13-17(34)11-23(37)32(34,4)20(18)7-9-30(19,35)2/h16-22,24-29,36,38-43H,7-15H2,1-6H3/t16-,17-,18+,19+,20+,21-,22-,24-,25-,26+,27-,28+,29+,30+,31-,32+,33+,34+,35+/m1/s1. The molecule has 7 aliphatic rings. The van der Waals surface area contributed by atoms with Gasteiger partial charge < -0.3 is 54.7 Å². The topological polar surface area (TPSA) is 196 Å². The van der Waals surface area contributed by atoms with Crippen LogP contribution in [0.25, 0.3) is 0 Å². The monoisotopic (exact) mass is 668 g/mol. The summed E-state index contributed by atoms with van der Waals surface area (Å²) in [6, 6.07) is 0. The number of methoxy groups -OCH3 is 1. The predicted octanol–water partition coefficient (Wildman–Crippen LogP) is 0.634. The highest BCUT2D eigenvalue weighted by molar-refractivity contribution is 5.91. The lowest BCUT2D eigenvalue weighted by Gasteiger charge is -2.61. The van der Waals surface area contributed by atoms with E-state index >= 15 is 0 Å². The van der Waals surface area contributed by atoms with Crippen molar-refractivity contribution in [2.45, 2.75) is 152 Å². The van der Waals surface area contributed by atoms with Crippen LogP contribution in [-0.4, -0.2) is 121 Å². The van der Waals surface area contributed by atoms with Crippen molar-refractivity contribution in [1.82, 2.24) is 0 Å². The molecule has 2 aliphatic heterocycles. The average molecular weight is 669 g/mol. The summed E-state index contributed by atoms with van der Waals surface area (Å²) in [5.74, 6) is 0.583. The third-order valence-corrected chi connectivity index (χ3v) is 15.9. The van der Waals surface area contributed by atoms with Crippen molar-refractivity contribution in [3.8, 4) is 0 Å². The van der Waals surface area contributed by atoms with Crippen molar-refractivity contribution in [1.29, 1.82) is 0 Å². The second-order valence-electron chi connectivity index (χ2n) is 17.2. The first kappa shape index (κ1) is 34.7. The van der Waals surface area contributed by atoms with Crippen LogP contribution in [0.4, 0.5) is 0 Å². The number of Topliss-reactive ketones (excluding diaryl/α,β-unsaturated/α-hetero) is 1. The molecular weight excluding hydrogens is 612 g/mol. The second kappa shape index (κ2) is 10.9. The van der Waals surface area contributed by atoms with Gasteiger partial charge >= 0.3 is 0 Å². The number of aliphatic hydroxyl groups is 7. The number of fused-ring (bicyclic) bond motifs is 4. The van der Waals surface area contributed by atoms with Gasteiger partial charge in [-0.2, -0.15) is 0 Å². The van der Waals surface area contributed by atoms with Gasteiger partial charge in [0.05, 0.1) is 24.4 Å². The van der Waals surface area contributed by atoms with Crippen LogP contribution in [0.2, 0.25) is 0 Å².